The molecular weight excluding hydrogens is 466 g/mol. The van der Waals surface area contributed by atoms with E-state index in [0.717, 1.165) is 5.56 Å². The highest BCUT2D eigenvalue weighted by atomic mass is 35.5. The summed E-state index contributed by atoms with van der Waals surface area (Å²) >= 11 is 7.12. The predicted molar refractivity (Wildman–Crippen MR) is 119 cm³/mol. The minimum Gasteiger partial charge on any atom is -0.495 e. The van der Waals surface area contributed by atoms with Crippen LogP contribution >= 0.6 is 22.9 Å². The van der Waals surface area contributed by atoms with Crippen LogP contribution in [0.4, 0.5) is 0 Å². The minimum atomic E-state index is -4.02. The fourth-order valence-electron chi connectivity index (χ4n) is 2.88. The molecule has 160 valence electrons. The van der Waals surface area contributed by atoms with Gasteiger partial charge in [-0.2, -0.15) is 0 Å². The first-order valence-electron chi connectivity index (χ1n) is 8.82. The van der Waals surface area contributed by atoms with Gasteiger partial charge in [-0.3, -0.25) is 0 Å². The Morgan fingerprint density at radius 1 is 1.07 bits per heavy atom. The van der Waals surface area contributed by atoms with Gasteiger partial charge in [-0.1, -0.05) is 23.7 Å². The van der Waals surface area contributed by atoms with Crippen molar-refractivity contribution in [3.8, 4) is 5.75 Å². The molecule has 1 N–H and O–H groups in total. The molecule has 3 rings (SSSR count). The van der Waals surface area contributed by atoms with Crippen molar-refractivity contribution in [2.24, 2.45) is 0 Å². The van der Waals surface area contributed by atoms with E-state index in [4.69, 9.17) is 16.3 Å². The number of rotatable bonds is 8. The molecule has 0 saturated carbocycles. The Morgan fingerprint density at radius 2 is 1.77 bits per heavy atom. The van der Waals surface area contributed by atoms with Crippen LogP contribution in [0.5, 0.6) is 5.75 Å². The Balaban J connectivity index is 1.96. The summed E-state index contributed by atoms with van der Waals surface area (Å²) in [6.45, 7) is 1.43. The fraction of sp³-hybridized carbons (Fsp3) is 0.200. The molecule has 6 nitrogen and oxygen atoms in total. The Bertz CT molecular complexity index is 1220. The van der Waals surface area contributed by atoms with Crippen molar-refractivity contribution in [3.05, 3.63) is 75.4 Å². The molecule has 1 heterocycles. The molecule has 2 aromatic carbocycles. The van der Waals surface area contributed by atoms with Gasteiger partial charge in [0.2, 0.25) is 10.0 Å². The van der Waals surface area contributed by atoms with Gasteiger partial charge < -0.3 is 4.74 Å². The van der Waals surface area contributed by atoms with Crippen LogP contribution in [0.25, 0.3) is 0 Å². The average Bonchev–Trinajstić information content (AvgIpc) is 3.22. The van der Waals surface area contributed by atoms with Crippen molar-refractivity contribution in [2.75, 3.05) is 13.7 Å². The van der Waals surface area contributed by atoms with Gasteiger partial charge in [0.15, 0.2) is 9.84 Å². The van der Waals surface area contributed by atoms with Crippen LogP contribution < -0.4 is 9.46 Å². The predicted octanol–water partition coefficient (Wildman–Crippen LogP) is 4.21. The monoisotopic (exact) mass is 485 g/mol. The van der Waals surface area contributed by atoms with E-state index in [1.54, 1.807) is 36.6 Å². The van der Waals surface area contributed by atoms with E-state index in [2.05, 4.69) is 4.72 Å². The van der Waals surface area contributed by atoms with Crippen LogP contribution in [-0.4, -0.2) is 30.5 Å². The lowest BCUT2D eigenvalue weighted by Crippen LogP contribution is -2.32. The number of hydrogen-bond donors (Lipinski definition) is 1. The molecule has 0 aliphatic rings. The number of nitrogens with one attached hydrogen (secondary N) is 1. The molecule has 10 heteroatoms. The lowest BCUT2D eigenvalue weighted by atomic mass is 10.2. The smallest absolute Gasteiger partial charge is 0.244 e. The minimum absolute atomic E-state index is 0.0428. The highest BCUT2D eigenvalue weighted by Crippen LogP contribution is 2.33. The number of hydrogen-bond acceptors (Lipinski definition) is 6. The van der Waals surface area contributed by atoms with Gasteiger partial charge >= 0.3 is 0 Å². The van der Waals surface area contributed by atoms with Crippen molar-refractivity contribution >= 4 is 42.8 Å². The van der Waals surface area contributed by atoms with E-state index < -0.39 is 25.1 Å². The standard InChI is InChI=1S/C20H20ClNO5S3/c1-14-5-10-17(27-2)19(12-14)30(25,26)22-13-20(18-4-3-11-28-18)29(23,24)16-8-6-15(21)7-9-16/h3-12,20,22H,13H2,1-2H3/t20-/m1/s1. The number of aryl methyl sites for hydroxylation is 1. The van der Waals surface area contributed by atoms with Gasteiger partial charge in [0.05, 0.1) is 12.0 Å². The van der Waals surface area contributed by atoms with Crippen molar-refractivity contribution < 1.29 is 21.6 Å². The van der Waals surface area contributed by atoms with Crippen LogP contribution in [0.15, 0.2) is 69.8 Å². The Hall–Kier alpha value is -1.91. The zero-order chi connectivity index (χ0) is 21.9. The van der Waals surface area contributed by atoms with E-state index in [0.29, 0.717) is 9.90 Å². The summed E-state index contributed by atoms with van der Waals surface area (Å²) in [7, 11) is -6.51. The molecule has 0 aliphatic heterocycles. The summed E-state index contributed by atoms with van der Waals surface area (Å²) in [5, 5.41) is 1.07. The number of halogens is 1. The highest BCUT2D eigenvalue weighted by molar-refractivity contribution is 7.92. The van der Waals surface area contributed by atoms with Gasteiger partial charge in [0.25, 0.3) is 0 Å². The summed E-state index contributed by atoms with van der Waals surface area (Å²) in [5.74, 6) is 0.182. The molecule has 0 fully saturated rings. The summed E-state index contributed by atoms with van der Waals surface area (Å²) in [6.07, 6.45) is 0. The molecule has 3 aromatic rings. The third kappa shape index (κ3) is 4.87. The SMILES string of the molecule is COc1ccc(C)cc1S(=O)(=O)NC[C@H](c1cccs1)S(=O)(=O)c1ccc(Cl)cc1. The number of thiophene rings is 1. The van der Waals surface area contributed by atoms with E-state index in [9.17, 15) is 16.8 Å². The van der Waals surface area contributed by atoms with E-state index >= 15 is 0 Å². The van der Waals surface area contributed by atoms with Crippen LogP contribution in [0.1, 0.15) is 15.7 Å². The quantitative estimate of drug-likeness (QED) is 0.516. The van der Waals surface area contributed by atoms with Crippen molar-refractivity contribution in [3.63, 3.8) is 0 Å². The number of sulfone groups is 1. The number of ether oxygens (including phenoxy) is 1. The summed E-state index contributed by atoms with van der Waals surface area (Å²) in [6, 6.07) is 14.0. The third-order valence-corrected chi connectivity index (χ3v) is 9.38. The Kier molecular flexibility index (Phi) is 6.88. The molecule has 0 spiro atoms. The molecule has 0 amide bonds. The lowest BCUT2D eigenvalue weighted by Gasteiger charge is -2.18. The Labute approximate surface area is 185 Å². The third-order valence-electron chi connectivity index (χ3n) is 4.44. The Morgan fingerprint density at radius 3 is 2.37 bits per heavy atom. The second kappa shape index (κ2) is 9.07. The van der Waals surface area contributed by atoms with Gasteiger partial charge in [0, 0.05) is 16.4 Å². The first-order chi connectivity index (χ1) is 14.1. The summed E-state index contributed by atoms with van der Waals surface area (Å²) < 4.78 is 60.1. The van der Waals surface area contributed by atoms with Crippen molar-refractivity contribution in [2.45, 2.75) is 22.0 Å². The molecule has 30 heavy (non-hydrogen) atoms. The lowest BCUT2D eigenvalue weighted by molar-refractivity contribution is 0.402. The first kappa shape index (κ1) is 22.8. The van der Waals surface area contributed by atoms with Gasteiger partial charge in [0.1, 0.15) is 15.9 Å². The van der Waals surface area contributed by atoms with Crippen LogP contribution in [0, 0.1) is 6.92 Å². The maximum absolute atomic E-state index is 13.3. The average molecular weight is 486 g/mol. The summed E-state index contributed by atoms with van der Waals surface area (Å²) in [4.78, 5) is 0.556. The molecular formula is C20H20ClNO5S3. The van der Waals surface area contributed by atoms with Crippen molar-refractivity contribution in [1.29, 1.82) is 0 Å². The van der Waals surface area contributed by atoms with Crippen LogP contribution in [-0.2, 0) is 19.9 Å². The van der Waals surface area contributed by atoms with Gasteiger partial charge in [-0.05, 0) is 60.3 Å². The molecule has 0 bridgehead atoms. The van der Waals surface area contributed by atoms with E-state index in [-0.39, 0.29) is 22.1 Å². The van der Waals surface area contributed by atoms with Crippen molar-refractivity contribution in [1.82, 2.24) is 4.72 Å². The zero-order valence-electron chi connectivity index (χ0n) is 16.2. The summed E-state index contributed by atoms with van der Waals surface area (Å²) in [5.41, 5.74) is 0.736. The van der Waals surface area contributed by atoms with E-state index in [1.165, 1.54) is 48.8 Å². The van der Waals surface area contributed by atoms with Crippen LogP contribution in [0.3, 0.4) is 0 Å². The molecule has 0 saturated heterocycles. The number of sulfonamides is 1. The zero-order valence-corrected chi connectivity index (χ0v) is 19.4. The molecule has 0 aliphatic carbocycles. The number of methoxy groups -OCH3 is 1. The largest absolute Gasteiger partial charge is 0.495 e. The normalized spacial score (nSPS) is 13.2. The maximum Gasteiger partial charge on any atom is 0.244 e. The first-order valence-corrected chi connectivity index (χ1v) is 13.1. The number of benzene rings is 2. The fourth-order valence-corrected chi connectivity index (χ4v) is 7.20. The molecule has 1 atom stereocenters. The molecule has 1 aromatic heterocycles. The highest BCUT2D eigenvalue weighted by Gasteiger charge is 2.32. The van der Waals surface area contributed by atoms with Gasteiger partial charge in [-0.25, -0.2) is 21.6 Å². The second-order valence-corrected chi connectivity index (χ2v) is 11.8. The maximum atomic E-state index is 13.3. The van der Waals surface area contributed by atoms with Gasteiger partial charge in [-0.15, -0.1) is 11.3 Å². The molecule has 0 unspecified atom stereocenters. The topological polar surface area (TPSA) is 89.5 Å². The van der Waals surface area contributed by atoms with Crippen LogP contribution in [0.2, 0.25) is 5.02 Å². The van der Waals surface area contributed by atoms with E-state index in [1.807, 2.05) is 0 Å². The molecule has 0 radical (unpaired) electrons. The second-order valence-electron chi connectivity index (χ2n) is 6.51.